The number of hydrogen-bond acceptors (Lipinski definition) is 2. The van der Waals surface area contributed by atoms with Crippen molar-refractivity contribution < 1.29 is 0 Å². The molecule has 0 unspecified atom stereocenters. The molecule has 2 aromatic carbocycles. The Hall–Kier alpha value is -1.80. The van der Waals surface area contributed by atoms with E-state index in [4.69, 9.17) is 11.5 Å². The standard InChI is InChI=1S/C14H16N2/c15-10-12-7-5-11(6-8-12)9-13-3-1-2-4-14(13)16/h1-8H,9-10,15-16H2. The van der Waals surface area contributed by atoms with Crippen LogP contribution in [0, 0.1) is 0 Å². The van der Waals surface area contributed by atoms with Crippen LogP contribution in [0.25, 0.3) is 0 Å². The molecule has 0 heterocycles. The van der Waals surface area contributed by atoms with E-state index in [-0.39, 0.29) is 0 Å². The molecular formula is C14H16N2. The first-order valence-corrected chi connectivity index (χ1v) is 5.41. The summed E-state index contributed by atoms with van der Waals surface area (Å²) in [6.07, 6.45) is 0.873. The highest BCUT2D eigenvalue weighted by Crippen LogP contribution is 2.16. The third-order valence-corrected chi connectivity index (χ3v) is 2.71. The Morgan fingerprint density at radius 2 is 1.44 bits per heavy atom. The molecule has 0 bridgehead atoms. The minimum absolute atomic E-state index is 0.591. The molecule has 0 fully saturated rings. The van der Waals surface area contributed by atoms with Gasteiger partial charge in [-0.2, -0.15) is 0 Å². The second-order valence-corrected chi connectivity index (χ2v) is 3.90. The molecule has 0 atom stereocenters. The first-order valence-electron chi connectivity index (χ1n) is 5.41. The highest BCUT2D eigenvalue weighted by molar-refractivity contribution is 5.48. The van der Waals surface area contributed by atoms with Gasteiger partial charge >= 0.3 is 0 Å². The molecule has 2 heteroatoms. The normalized spacial score (nSPS) is 10.3. The summed E-state index contributed by atoms with van der Waals surface area (Å²) in [5, 5.41) is 0. The highest BCUT2D eigenvalue weighted by atomic mass is 14.6. The molecule has 0 aliphatic rings. The number of nitrogen functional groups attached to an aromatic ring is 1. The van der Waals surface area contributed by atoms with Gasteiger partial charge in [-0.15, -0.1) is 0 Å². The molecule has 2 nitrogen and oxygen atoms in total. The van der Waals surface area contributed by atoms with Gasteiger partial charge in [-0.05, 0) is 29.2 Å². The second kappa shape index (κ2) is 4.81. The lowest BCUT2D eigenvalue weighted by Gasteiger charge is -2.06. The van der Waals surface area contributed by atoms with E-state index in [1.807, 2.05) is 18.2 Å². The summed E-state index contributed by atoms with van der Waals surface area (Å²) in [4.78, 5) is 0. The van der Waals surface area contributed by atoms with Gasteiger partial charge in [-0.25, -0.2) is 0 Å². The van der Waals surface area contributed by atoms with Gasteiger partial charge in [0.15, 0.2) is 0 Å². The van der Waals surface area contributed by atoms with E-state index >= 15 is 0 Å². The SMILES string of the molecule is NCc1ccc(Cc2ccccc2N)cc1. The van der Waals surface area contributed by atoms with Gasteiger partial charge in [0.2, 0.25) is 0 Å². The smallest absolute Gasteiger partial charge is 0.0349 e. The fraction of sp³-hybridized carbons (Fsp3) is 0.143. The van der Waals surface area contributed by atoms with E-state index in [1.54, 1.807) is 0 Å². The average molecular weight is 212 g/mol. The summed E-state index contributed by atoms with van der Waals surface area (Å²) in [6.45, 7) is 0.591. The Labute approximate surface area is 95.9 Å². The maximum atomic E-state index is 5.90. The van der Waals surface area contributed by atoms with Crippen molar-refractivity contribution in [2.45, 2.75) is 13.0 Å². The summed E-state index contributed by atoms with van der Waals surface area (Å²) in [6, 6.07) is 16.3. The second-order valence-electron chi connectivity index (χ2n) is 3.90. The number of rotatable bonds is 3. The van der Waals surface area contributed by atoms with Crippen molar-refractivity contribution in [1.82, 2.24) is 0 Å². The molecule has 0 aliphatic carbocycles. The third kappa shape index (κ3) is 2.41. The van der Waals surface area contributed by atoms with Gasteiger partial charge in [0.1, 0.15) is 0 Å². The zero-order chi connectivity index (χ0) is 11.4. The fourth-order valence-corrected chi connectivity index (χ4v) is 1.71. The van der Waals surface area contributed by atoms with Crippen molar-refractivity contribution in [3.8, 4) is 0 Å². The molecule has 0 amide bonds. The van der Waals surface area contributed by atoms with Crippen molar-refractivity contribution in [2.24, 2.45) is 5.73 Å². The quantitative estimate of drug-likeness (QED) is 0.767. The maximum Gasteiger partial charge on any atom is 0.0349 e. The number of benzene rings is 2. The highest BCUT2D eigenvalue weighted by Gasteiger charge is 1.99. The predicted octanol–water partition coefficient (Wildman–Crippen LogP) is 2.32. The lowest BCUT2D eigenvalue weighted by atomic mass is 10.0. The first-order chi connectivity index (χ1) is 7.79. The molecule has 4 N–H and O–H groups in total. The van der Waals surface area contributed by atoms with E-state index in [2.05, 4.69) is 30.3 Å². The monoisotopic (exact) mass is 212 g/mol. The Morgan fingerprint density at radius 3 is 2.06 bits per heavy atom. The Bertz CT molecular complexity index is 460. The average Bonchev–Trinajstić information content (AvgIpc) is 2.33. The number of para-hydroxylation sites is 1. The first kappa shape index (κ1) is 10.7. The summed E-state index contributed by atoms with van der Waals surface area (Å²) in [5.74, 6) is 0. The summed E-state index contributed by atoms with van der Waals surface area (Å²) in [5.41, 5.74) is 15.9. The van der Waals surface area contributed by atoms with Crippen molar-refractivity contribution in [3.05, 3.63) is 65.2 Å². The van der Waals surface area contributed by atoms with Crippen LogP contribution in [0.4, 0.5) is 5.69 Å². The fourth-order valence-electron chi connectivity index (χ4n) is 1.71. The number of anilines is 1. The largest absolute Gasteiger partial charge is 0.398 e. The van der Waals surface area contributed by atoms with Crippen LogP contribution in [-0.4, -0.2) is 0 Å². The van der Waals surface area contributed by atoms with Crippen LogP contribution in [0.15, 0.2) is 48.5 Å². The topological polar surface area (TPSA) is 52.0 Å². The van der Waals surface area contributed by atoms with Crippen LogP contribution >= 0.6 is 0 Å². The van der Waals surface area contributed by atoms with Crippen molar-refractivity contribution in [2.75, 3.05) is 5.73 Å². The molecule has 82 valence electrons. The third-order valence-electron chi connectivity index (χ3n) is 2.71. The van der Waals surface area contributed by atoms with Crippen LogP contribution in [0.3, 0.4) is 0 Å². The zero-order valence-electron chi connectivity index (χ0n) is 9.19. The van der Waals surface area contributed by atoms with Crippen LogP contribution in [0.5, 0.6) is 0 Å². The van der Waals surface area contributed by atoms with Gasteiger partial charge in [0.25, 0.3) is 0 Å². The minimum Gasteiger partial charge on any atom is -0.398 e. The van der Waals surface area contributed by atoms with Crippen molar-refractivity contribution >= 4 is 5.69 Å². The summed E-state index contributed by atoms with van der Waals surface area (Å²) < 4.78 is 0. The Morgan fingerprint density at radius 1 is 0.812 bits per heavy atom. The van der Waals surface area contributed by atoms with Crippen LogP contribution in [-0.2, 0) is 13.0 Å². The van der Waals surface area contributed by atoms with E-state index in [0.29, 0.717) is 6.54 Å². The Kier molecular flexibility index (Phi) is 3.22. The molecular weight excluding hydrogens is 196 g/mol. The van der Waals surface area contributed by atoms with Crippen LogP contribution in [0.2, 0.25) is 0 Å². The van der Waals surface area contributed by atoms with E-state index in [0.717, 1.165) is 17.7 Å². The minimum atomic E-state index is 0.591. The lowest BCUT2D eigenvalue weighted by Crippen LogP contribution is -1.98. The lowest BCUT2D eigenvalue weighted by molar-refractivity contribution is 1.06. The van der Waals surface area contributed by atoms with Gasteiger partial charge in [-0.1, -0.05) is 42.5 Å². The maximum absolute atomic E-state index is 5.90. The molecule has 0 spiro atoms. The molecule has 0 saturated heterocycles. The van der Waals surface area contributed by atoms with E-state index in [9.17, 15) is 0 Å². The predicted molar refractivity (Wildman–Crippen MR) is 68.0 cm³/mol. The van der Waals surface area contributed by atoms with Crippen molar-refractivity contribution in [1.29, 1.82) is 0 Å². The van der Waals surface area contributed by atoms with Crippen LogP contribution in [0.1, 0.15) is 16.7 Å². The molecule has 0 saturated carbocycles. The zero-order valence-corrected chi connectivity index (χ0v) is 9.19. The molecule has 16 heavy (non-hydrogen) atoms. The molecule has 0 aliphatic heterocycles. The van der Waals surface area contributed by atoms with Gasteiger partial charge in [0, 0.05) is 12.2 Å². The Balaban J connectivity index is 2.18. The van der Waals surface area contributed by atoms with E-state index < -0.39 is 0 Å². The van der Waals surface area contributed by atoms with Gasteiger partial charge in [-0.3, -0.25) is 0 Å². The van der Waals surface area contributed by atoms with Crippen molar-refractivity contribution in [3.63, 3.8) is 0 Å². The molecule has 0 aromatic heterocycles. The summed E-state index contributed by atoms with van der Waals surface area (Å²) in [7, 11) is 0. The van der Waals surface area contributed by atoms with Gasteiger partial charge < -0.3 is 11.5 Å². The molecule has 2 aromatic rings. The van der Waals surface area contributed by atoms with E-state index in [1.165, 1.54) is 11.1 Å². The number of nitrogens with two attached hydrogens (primary N) is 2. The van der Waals surface area contributed by atoms with Crippen LogP contribution < -0.4 is 11.5 Å². The molecule has 2 rings (SSSR count). The van der Waals surface area contributed by atoms with Gasteiger partial charge in [0.05, 0.1) is 0 Å². The molecule has 0 radical (unpaired) electrons. The summed E-state index contributed by atoms with van der Waals surface area (Å²) >= 11 is 0. The number of hydrogen-bond donors (Lipinski definition) is 2.